The molecule has 0 fully saturated rings. The number of esters is 1. The van der Waals surface area contributed by atoms with Gasteiger partial charge in [0.2, 0.25) is 0 Å². The first kappa shape index (κ1) is 14.4. The zero-order valence-corrected chi connectivity index (χ0v) is 9.42. The van der Waals surface area contributed by atoms with E-state index in [1.54, 1.807) is 0 Å². The van der Waals surface area contributed by atoms with Crippen LogP contribution in [0.2, 0.25) is 0 Å². The predicted molar refractivity (Wildman–Crippen MR) is 54.9 cm³/mol. The molecule has 0 aliphatic rings. The summed E-state index contributed by atoms with van der Waals surface area (Å²) in [6.45, 7) is 1.09. The van der Waals surface area contributed by atoms with Crippen LogP contribution in [0.4, 0.5) is 17.6 Å². The van der Waals surface area contributed by atoms with Crippen LogP contribution in [0, 0.1) is 11.6 Å². The van der Waals surface area contributed by atoms with Crippen LogP contribution in [0.25, 0.3) is 0 Å². The lowest BCUT2D eigenvalue weighted by Crippen LogP contribution is -2.42. The highest BCUT2D eigenvalue weighted by Gasteiger charge is 2.48. The summed E-state index contributed by atoms with van der Waals surface area (Å²) < 4.78 is 57.1. The smallest absolute Gasteiger partial charge is 0.379 e. The van der Waals surface area contributed by atoms with Crippen LogP contribution in [0.3, 0.4) is 0 Å². The van der Waals surface area contributed by atoms with Gasteiger partial charge in [0, 0.05) is 11.6 Å². The Bertz CT molecular complexity index is 451. The van der Waals surface area contributed by atoms with Gasteiger partial charge in [0.25, 0.3) is 0 Å². The zero-order valence-electron chi connectivity index (χ0n) is 9.42. The lowest BCUT2D eigenvalue weighted by molar-refractivity contribution is -0.174. The highest BCUT2D eigenvalue weighted by Crippen LogP contribution is 2.32. The van der Waals surface area contributed by atoms with E-state index < -0.39 is 35.1 Å². The third-order valence-corrected chi connectivity index (χ3v) is 2.24. The minimum atomic E-state index is -4.09. The number of carbonyl (C=O) groups is 1. The number of alkyl halides is 2. The van der Waals surface area contributed by atoms with Crippen LogP contribution in [-0.4, -0.2) is 18.5 Å². The molecule has 0 aromatic heterocycles. The molecule has 18 heavy (non-hydrogen) atoms. The Labute approximate surface area is 101 Å². The molecular formula is C11H11F4NO2. The van der Waals surface area contributed by atoms with Gasteiger partial charge < -0.3 is 10.5 Å². The molecule has 0 bridgehead atoms. The maximum absolute atomic E-state index is 13.5. The second-order valence-corrected chi connectivity index (χ2v) is 3.49. The Hall–Kier alpha value is -1.63. The molecule has 0 saturated carbocycles. The third-order valence-electron chi connectivity index (χ3n) is 2.24. The highest BCUT2D eigenvalue weighted by atomic mass is 19.3. The first-order valence-corrected chi connectivity index (χ1v) is 5.06. The average Bonchev–Trinajstić information content (AvgIpc) is 2.28. The molecular weight excluding hydrogens is 254 g/mol. The summed E-state index contributed by atoms with van der Waals surface area (Å²) in [7, 11) is 0. The maximum Gasteiger partial charge on any atom is 0.379 e. The molecule has 0 amide bonds. The molecule has 3 nitrogen and oxygen atoms in total. The predicted octanol–water partition coefficient (Wildman–Crippen LogP) is 2.16. The largest absolute Gasteiger partial charge is 0.462 e. The van der Waals surface area contributed by atoms with E-state index in [0.29, 0.717) is 6.07 Å². The molecule has 0 unspecified atom stereocenters. The number of hydrogen-bond donors (Lipinski definition) is 1. The summed E-state index contributed by atoms with van der Waals surface area (Å²) in [6, 6.07) is -0.282. The second kappa shape index (κ2) is 5.34. The van der Waals surface area contributed by atoms with Crippen LogP contribution >= 0.6 is 0 Å². The number of hydrogen-bond acceptors (Lipinski definition) is 3. The molecule has 0 saturated heterocycles. The van der Waals surface area contributed by atoms with Crippen molar-refractivity contribution in [3.63, 3.8) is 0 Å². The molecule has 2 N–H and O–H groups in total. The van der Waals surface area contributed by atoms with Crippen molar-refractivity contribution >= 4 is 5.97 Å². The summed E-state index contributed by atoms with van der Waals surface area (Å²) in [5.74, 6) is -8.11. The van der Waals surface area contributed by atoms with E-state index in [-0.39, 0.29) is 6.61 Å². The van der Waals surface area contributed by atoms with Crippen molar-refractivity contribution in [1.29, 1.82) is 0 Å². The van der Waals surface area contributed by atoms with Crippen molar-refractivity contribution < 1.29 is 27.1 Å². The summed E-state index contributed by atoms with van der Waals surface area (Å²) in [4.78, 5) is 11.0. The minimum Gasteiger partial charge on any atom is -0.462 e. The van der Waals surface area contributed by atoms with Gasteiger partial charge in [0.15, 0.2) is 0 Å². The van der Waals surface area contributed by atoms with E-state index in [9.17, 15) is 22.4 Å². The molecule has 100 valence electrons. The van der Waals surface area contributed by atoms with E-state index in [4.69, 9.17) is 5.73 Å². The zero-order chi connectivity index (χ0) is 13.9. The third kappa shape index (κ3) is 2.79. The molecule has 0 aliphatic carbocycles. The lowest BCUT2D eigenvalue weighted by atomic mass is 10.0. The van der Waals surface area contributed by atoms with Crippen molar-refractivity contribution in [2.24, 2.45) is 5.73 Å². The van der Waals surface area contributed by atoms with E-state index in [2.05, 4.69) is 4.74 Å². The molecule has 0 spiro atoms. The summed E-state index contributed by atoms with van der Waals surface area (Å²) in [5, 5.41) is 0. The highest BCUT2D eigenvalue weighted by molar-refractivity contribution is 5.78. The first-order chi connectivity index (χ1) is 8.30. The van der Waals surface area contributed by atoms with Gasteiger partial charge in [0.1, 0.15) is 17.7 Å². The quantitative estimate of drug-likeness (QED) is 0.670. The normalized spacial score (nSPS) is 13.2. The van der Waals surface area contributed by atoms with Gasteiger partial charge in [0.05, 0.1) is 6.61 Å². The molecule has 1 aromatic carbocycles. The topological polar surface area (TPSA) is 52.3 Å². The van der Waals surface area contributed by atoms with Gasteiger partial charge in [-0.3, -0.25) is 0 Å². The van der Waals surface area contributed by atoms with Gasteiger partial charge in [-0.15, -0.1) is 0 Å². The van der Waals surface area contributed by atoms with Crippen molar-refractivity contribution in [1.82, 2.24) is 0 Å². The van der Waals surface area contributed by atoms with Crippen LogP contribution < -0.4 is 5.73 Å². The molecule has 1 aromatic rings. The van der Waals surface area contributed by atoms with Crippen LogP contribution in [0.15, 0.2) is 18.2 Å². The van der Waals surface area contributed by atoms with Crippen LogP contribution in [-0.2, 0) is 9.53 Å². The van der Waals surface area contributed by atoms with Gasteiger partial charge >= 0.3 is 11.9 Å². The summed E-state index contributed by atoms with van der Waals surface area (Å²) >= 11 is 0. The van der Waals surface area contributed by atoms with Crippen molar-refractivity contribution in [2.75, 3.05) is 6.61 Å². The average molecular weight is 265 g/mol. The standard InChI is InChI=1S/C11H11F4NO2/c1-2-18-10(17)11(14,15)9(16)7-4-3-6(12)5-8(7)13/h3-5,9H,2,16H2,1H3/t9-/m1/s1. The molecule has 0 radical (unpaired) electrons. The Morgan fingerprint density at radius 1 is 1.44 bits per heavy atom. The van der Waals surface area contributed by atoms with E-state index in [1.165, 1.54) is 6.92 Å². The van der Waals surface area contributed by atoms with Gasteiger partial charge in [-0.25, -0.2) is 13.6 Å². The minimum absolute atomic E-state index is 0.257. The van der Waals surface area contributed by atoms with E-state index in [1.807, 2.05) is 0 Å². The molecule has 0 heterocycles. The first-order valence-electron chi connectivity index (χ1n) is 5.06. The van der Waals surface area contributed by atoms with Crippen molar-refractivity contribution in [3.8, 4) is 0 Å². The van der Waals surface area contributed by atoms with Gasteiger partial charge in [-0.2, -0.15) is 8.78 Å². The van der Waals surface area contributed by atoms with Crippen LogP contribution in [0.5, 0.6) is 0 Å². The Kier molecular flexibility index (Phi) is 4.28. The number of benzene rings is 1. The summed E-state index contributed by atoms with van der Waals surface area (Å²) in [5.41, 5.74) is 4.48. The number of rotatable bonds is 4. The fraction of sp³-hybridized carbons (Fsp3) is 0.364. The Morgan fingerprint density at radius 3 is 2.56 bits per heavy atom. The van der Waals surface area contributed by atoms with Crippen molar-refractivity contribution in [2.45, 2.75) is 18.9 Å². The number of carbonyl (C=O) groups excluding carboxylic acids is 1. The van der Waals surface area contributed by atoms with Crippen molar-refractivity contribution in [3.05, 3.63) is 35.4 Å². The lowest BCUT2D eigenvalue weighted by Gasteiger charge is -2.22. The Morgan fingerprint density at radius 2 is 2.06 bits per heavy atom. The van der Waals surface area contributed by atoms with E-state index in [0.717, 1.165) is 12.1 Å². The SMILES string of the molecule is CCOC(=O)C(F)(F)[C@H](N)c1ccc(F)cc1F. The van der Waals surface area contributed by atoms with Gasteiger partial charge in [-0.1, -0.05) is 6.07 Å². The Balaban J connectivity index is 3.05. The fourth-order valence-electron chi connectivity index (χ4n) is 1.30. The second-order valence-electron chi connectivity index (χ2n) is 3.49. The number of ether oxygens (including phenoxy) is 1. The number of halogens is 4. The van der Waals surface area contributed by atoms with Gasteiger partial charge in [-0.05, 0) is 13.0 Å². The fourth-order valence-corrected chi connectivity index (χ4v) is 1.30. The molecule has 0 aliphatic heterocycles. The van der Waals surface area contributed by atoms with Crippen LogP contribution in [0.1, 0.15) is 18.5 Å². The molecule has 1 atom stereocenters. The summed E-state index contributed by atoms with van der Waals surface area (Å²) in [6.07, 6.45) is 0. The van der Waals surface area contributed by atoms with E-state index >= 15 is 0 Å². The molecule has 1 rings (SSSR count). The molecule has 7 heteroatoms. The number of nitrogens with two attached hydrogens (primary N) is 1. The monoisotopic (exact) mass is 265 g/mol. The maximum atomic E-state index is 13.5.